The Labute approximate surface area is 218 Å². The molecule has 1 heterocycles. The molecule has 0 radical (unpaired) electrons. The monoisotopic (exact) mass is 499 g/mol. The van der Waals surface area contributed by atoms with Crippen molar-refractivity contribution >= 4 is 23.1 Å². The number of carbonyl (C=O) groups excluding carboxylic acids is 2. The average Bonchev–Trinajstić information content (AvgIpc) is 3.13. The van der Waals surface area contributed by atoms with Crippen molar-refractivity contribution in [2.75, 3.05) is 18.6 Å². The molecule has 6 nitrogen and oxygen atoms in total. The van der Waals surface area contributed by atoms with Crippen LogP contribution in [-0.2, 0) is 15.0 Å². The molecule has 1 unspecified atom stereocenters. The molecule has 1 N–H and O–H groups in total. The second kappa shape index (κ2) is 10.1. The Morgan fingerprint density at radius 2 is 1.70 bits per heavy atom. The van der Waals surface area contributed by atoms with E-state index in [-0.39, 0.29) is 16.7 Å². The van der Waals surface area contributed by atoms with Crippen molar-refractivity contribution in [3.63, 3.8) is 0 Å². The number of ether oxygens (including phenoxy) is 2. The average molecular weight is 500 g/mol. The Hall–Kier alpha value is -4.06. The predicted molar refractivity (Wildman–Crippen MR) is 145 cm³/mol. The normalized spacial score (nSPS) is 17.2. The summed E-state index contributed by atoms with van der Waals surface area (Å²) in [5.74, 6) is -0.634. The molecule has 1 atom stereocenters. The van der Waals surface area contributed by atoms with E-state index in [1.165, 1.54) is 12.0 Å². The number of benzene rings is 3. The smallest absolute Gasteiger partial charge is 0.300 e. The summed E-state index contributed by atoms with van der Waals surface area (Å²) in [5.41, 5.74) is 3.38. The molecule has 0 aromatic heterocycles. The number of hydrogen-bond acceptors (Lipinski definition) is 5. The lowest BCUT2D eigenvalue weighted by atomic mass is 9.85. The van der Waals surface area contributed by atoms with E-state index in [9.17, 15) is 14.7 Å². The third-order valence-corrected chi connectivity index (χ3v) is 6.55. The zero-order valence-corrected chi connectivity index (χ0v) is 22.2. The Kier molecular flexibility index (Phi) is 7.12. The molecule has 1 aliphatic rings. The summed E-state index contributed by atoms with van der Waals surface area (Å²) < 4.78 is 11.1. The summed E-state index contributed by atoms with van der Waals surface area (Å²) in [6.07, 6.45) is 0. The van der Waals surface area contributed by atoms with Crippen LogP contribution in [0, 0.1) is 6.92 Å². The van der Waals surface area contributed by atoms with Gasteiger partial charge >= 0.3 is 0 Å². The van der Waals surface area contributed by atoms with Crippen molar-refractivity contribution in [1.29, 1.82) is 0 Å². The van der Waals surface area contributed by atoms with E-state index in [1.807, 2.05) is 50.2 Å². The third kappa shape index (κ3) is 4.96. The van der Waals surface area contributed by atoms with Gasteiger partial charge in [-0.1, -0.05) is 56.7 Å². The number of aliphatic hydroxyl groups excluding tert-OH is 1. The number of methoxy groups -OCH3 is 1. The van der Waals surface area contributed by atoms with Crippen LogP contribution < -0.4 is 14.4 Å². The standard InChI is InChI=1S/C31H33NO5/c1-7-37-23-14-12-22(13-15-23)32-27(20-10-8-9-19(2)17-20)26(29(34)30(32)35)28(33)24-18-21(31(3,4)5)11-16-25(24)36-6/h8-18,27,33H,7H2,1-6H3/b28-26+. The van der Waals surface area contributed by atoms with Gasteiger partial charge in [-0.25, -0.2) is 0 Å². The van der Waals surface area contributed by atoms with Gasteiger partial charge in [0.1, 0.15) is 17.3 Å². The summed E-state index contributed by atoms with van der Waals surface area (Å²) in [7, 11) is 1.51. The number of anilines is 1. The van der Waals surface area contributed by atoms with Gasteiger partial charge in [0.15, 0.2) is 0 Å². The van der Waals surface area contributed by atoms with E-state index in [2.05, 4.69) is 20.8 Å². The molecule has 4 rings (SSSR count). The minimum absolute atomic E-state index is 0.0221. The van der Waals surface area contributed by atoms with Gasteiger partial charge < -0.3 is 14.6 Å². The van der Waals surface area contributed by atoms with Crippen molar-refractivity contribution < 1.29 is 24.2 Å². The van der Waals surface area contributed by atoms with Crippen LogP contribution in [0.2, 0.25) is 0 Å². The first-order valence-corrected chi connectivity index (χ1v) is 12.4. The van der Waals surface area contributed by atoms with Crippen molar-refractivity contribution in [1.82, 2.24) is 0 Å². The van der Waals surface area contributed by atoms with Gasteiger partial charge in [0.25, 0.3) is 11.7 Å². The minimum Gasteiger partial charge on any atom is -0.507 e. The molecule has 1 saturated heterocycles. The van der Waals surface area contributed by atoms with Crippen LogP contribution in [0.25, 0.3) is 5.76 Å². The largest absolute Gasteiger partial charge is 0.507 e. The maximum absolute atomic E-state index is 13.5. The number of nitrogens with zero attached hydrogens (tertiary/aromatic N) is 1. The zero-order chi connectivity index (χ0) is 26.9. The number of ketones is 1. The molecule has 1 amide bonds. The topological polar surface area (TPSA) is 76.1 Å². The maximum atomic E-state index is 13.5. The fourth-order valence-electron chi connectivity index (χ4n) is 4.63. The fourth-order valence-corrected chi connectivity index (χ4v) is 4.63. The van der Waals surface area contributed by atoms with Gasteiger partial charge in [-0.05, 0) is 66.8 Å². The van der Waals surface area contributed by atoms with Crippen LogP contribution >= 0.6 is 0 Å². The highest BCUT2D eigenvalue weighted by atomic mass is 16.5. The van der Waals surface area contributed by atoms with Gasteiger partial charge in [-0.3, -0.25) is 14.5 Å². The first-order valence-electron chi connectivity index (χ1n) is 12.4. The SMILES string of the molecule is CCOc1ccc(N2C(=O)C(=O)/C(=C(/O)c3cc(C(C)(C)C)ccc3OC)C2c2cccc(C)c2)cc1. The Balaban J connectivity index is 1.96. The van der Waals surface area contributed by atoms with Gasteiger partial charge in [-0.15, -0.1) is 0 Å². The van der Waals surface area contributed by atoms with Crippen molar-refractivity contribution in [3.05, 3.63) is 94.6 Å². The number of aliphatic hydroxyl groups is 1. The van der Waals surface area contributed by atoms with Crippen LogP contribution in [0.1, 0.15) is 56.0 Å². The Morgan fingerprint density at radius 1 is 1.00 bits per heavy atom. The maximum Gasteiger partial charge on any atom is 0.300 e. The van der Waals surface area contributed by atoms with Gasteiger partial charge in [-0.2, -0.15) is 0 Å². The van der Waals surface area contributed by atoms with Gasteiger partial charge in [0.05, 0.1) is 30.9 Å². The molecule has 37 heavy (non-hydrogen) atoms. The quantitative estimate of drug-likeness (QED) is 0.244. The van der Waals surface area contributed by atoms with Crippen molar-refractivity contribution in [2.24, 2.45) is 0 Å². The van der Waals surface area contributed by atoms with Crippen LogP contribution in [0.4, 0.5) is 5.69 Å². The lowest BCUT2D eigenvalue weighted by molar-refractivity contribution is -0.132. The molecule has 0 spiro atoms. The van der Waals surface area contributed by atoms with Gasteiger partial charge in [0.2, 0.25) is 0 Å². The molecule has 0 bridgehead atoms. The third-order valence-electron chi connectivity index (χ3n) is 6.55. The Bertz CT molecular complexity index is 1370. The summed E-state index contributed by atoms with van der Waals surface area (Å²) in [6.45, 7) is 10.6. The van der Waals surface area contributed by atoms with E-state index in [1.54, 1.807) is 30.3 Å². The Morgan fingerprint density at radius 3 is 2.30 bits per heavy atom. The number of aryl methyl sites for hydroxylation is 1. The predicted octanol–water partition coefficient (Wildman–Crippen LogP) is 6.33. The van der Waals surface area contributed by atoms with Crippen LogP contribution in [-0.4, -0.2) is 30.5 Å². The number of amides is 1. The fraction of sp³-hybridized carbons (Fsp3) is 0.290. The van der Waals surface area contributed by atoms with E-state index < -0.39 is 17.7 Å². The molecule has 6 heteroatoms. The lowest BCUT2D eigenvalue weighted by Crippen LogP contribution is -2.29. The summed E-state index contributed by atoms with van der Waals surface area (Å²) in [4.78, 5) is 28.5. The second-order valence-electron chi connectivity index (χ2n) is 10.2. The highest BCUT2D eigenvalue weighted by molar-refractivity contribution is 6.51. The number of hydrogen-bond donors (Lipinski definition) is 1. The molecular formula is C31H33NO5. The molecular weight excluding hydrogens is 466 g/mol. The molecule has 3 aromatic rings. The van der Waals surface area contributed by atoms with Crippen LogP contribution in [0.5, 0.6) is 11.5 Å². The minimum atomic E-state index is -0.819. The summed E-state index contributed by atoms with van der Waals surface area (Å²) in [5, 5.41) is 11.7. The van der Waals surface area contributed by atoms with Gasteiger partial charge in [0, 0.05) is 5.69 Å². The molecule has 0 saturated carbocycles. The molecule has 192 valence electrons. The molecule has 1 aliphatic heterocycles. The van der Waals surface area contributed by atoms with E-state index >= 15 is 0 Å². The van der Waals surface area contributed by atoms with E-state index in [0.29, 0.717) is 29.4 Å². The second-order valence-corrected chi connectivity index (χ2v) is 10.2. The summed E-state index contributed by atoms with van der Waals surface area (Å²) >= 11 is 0. The molecule has 1 fully saturated rings. The summed E-state index contributed by atoms with van der Waals surface area (Å²) in [6, 6.07) is 19.4. The van der Waals surface area contributed by atoms with Crippen molar-refractivity contribution in [3.8, 4) is 11.5 Å². The van der Waals surface area contributed by atoms with Crippen molar-refractivity contribution in [2.45, 2.75) is 46.1 Å². The highest BCUT2D eigenvalue weighted by Crippen LogP contribution is 2.44. The molecule has 3 aromatic carbocycles. The molecule has 0 aliphatic carbocycles. The number of Topliss-reactive ketones (excluding diaryl/α,β-unsaturated/α-hetero) is 1. The van der Waals surface area contributed by atoms with E-state index in [4.69, 9.17) is 9.47 Å². The lowest BCUT2D eigenvalue weighted by Gasteiger charge is -2.26. The van der Waals surface area contributed by atoms with Crippen LogP contribution in [0.15, 0.2) is 72.3 Å². The number of carbonyl (C=O) groups is 2. The zero-order valence-electron chi connectivity index (χ0n) is 22.2. The highest BCUT2D eigenvalue weighted by Gasteiger charge is 2.47. The first-order chi connectivity index (χ1) is 17.6. The first kappa shape index (κ1) is 26.0. The van der Waals surface area contributed by atoms with E-state index in [0.717, 1.165) is 16.7 Å². The number of rotatable bonds is 6. The van der Waals surface area contributed by atoms with Crippen LogP contribution in [0.3, 0.4) is 0 Å².